The second kappa shape index (κ2) is 6.21. The van der Waals surface area contributed by atoms with Gasteiger partial charge in [-0.2, -0.15) is 0 Å². The first kappa shape index (κ1) is 13.4. The molecule has 1 aromatic rings. The Hall–Kier alpha value is -1.06. The molecule has 0 aromatic heterocycles. The Labute approximate surface area is 109 Å². The first-order valence-corrected chi connectivity index (χ1v) is 6.70. The van der Waals surface area contributed by atoms with E-state index in [9.17, 15) is 5.11 Å². The summed E-state index contributed by atoms with van der Waals surface area (Å²) >= 11 is 0. The Bertz CT molecular complexity index is 370. The van der Waals surface area contributed by atoms with E-state index in [2.05, 4.69) is 0 Å². The molecule has 2 atom stereocenters. The standard InChI is InChI=1S/C15H22O3/c1-11(2)18-14-8-4-3-7-13(14)15(16)12-6-5-9-17-10-12/h3-4,7-8,11-12,15-16H,5-6,9-10H2,1-2H3. The van der Waals surface area contributed by atoms with Gasteiger partial charge in [-0.25, -0.2) is 0 Å². The maximum atomic E-state index is 10.5. The molecule has 1 aliphatic rings. The lowest BCUT2D eigenvalue weighted by atomic mass is 9.90. The van der Waals surface area contributed by atoms with Crippen LogP contribution in [-0.4, -0.2) is 24.4 Å². The number of hydrogen-bond acceptors (Lipinski definition) is 3. The molecule has 0 bridgehead atoms. The van der Waals surface area contributed by atoms with E-state index in [4.69, 9.17) is 9.47 Å². The SMILES string of the molecule is CC(C)Oc1ccccc1C(O)C1CCCOC1. The summed E-state index contributed by atoms with van der Waals surface area (Å²) in [4.78, 5) is 0. The fraction of sp³-hybridized carbons (Fsp3) is 0.600. The minimum atomic E-state index is -0.500. The zero-order valence-electron chi connectivity index (χ0n) is 11.1. The van der Waals surface area contributed by atoms with Crippen LogP contribution in [-0.2, 0) is 4.74 Å². The van der Waals surface area contributed by atoms with Crippen molar-refractivity contribution in [2.45, 2.75) is 38.9 Å². The van der Waals surface area contributed by atoms with Crippen molar-refractivity contribution in [1.29, 1.82) is 0 Å². The van der Waals surface area contributed by atoms with Crippen LogP contribution in [0.4, 0.5) is 0 Å². The van der Waals surface area contributed by atoms with Crippen LogP contribution >= 0.6 is 0 Å². The van der Waals surface area contributed by atoms with Crippen molar-refractivity contribution in [2.75, 3.05) is 13.2 Å². The highest BCUT2D eigenvalue weighted by Crippen LogP contribution is 2.34. The predicted octanol–water partition coefficient (Wildman–Crippen LogP) is 2.93. The zero-order chi connectivity index (χ0) is 13.0. The van der Waals surface area contributed by atoms with Crippen LogP contribution in [0, 0.1) is 5.92 Å². The molecule has 3 nitrogen and oxygen atoms in total. The Morgan fingerprint density at radius 2 is 2.11 bits per heavy atom. The minimum Gasteiger partial charge on any atom is -0.491 e. The molecule has 0 saturated carbocycles. The van der Waals surface area contributed by atoms with Gasteiger partial charge in [0.2, 0.25) is 0 Å². The summed E-state index contributed by atoms with van der Waals surface area (Å²) in [5, 5.41) is 10.5. The van der Waals surface area contributed by atoms with E-state index in [1.807, 2.05) is 38.1 Å². The maximum absolute atomic E-state index is 10.5. The Kier molecular flexibility index (Phi) is 4.61. The largest absolute Gasteiger partial charge is 0.491 e. The summed E-state index contributed by atoms with van der Waals surface area (Å²) in [6.45, 7) is 5.43. The van der Waals surface area contributed by atoms with Crippen LogP contribution < -0.4 is 4.74 Å². The molecular weight excluding hydrogens is 228 g/mol. The topological polar surface area (TPSA) is 38.7 Å². The zero-order valence-corrected chi connectivity index (χ0v) is 11.1. The van der Waals surface area contributed by atoms with E-state index in [0.29, 0.717) is 6.61 Å². The van der Waals surface area contributed by atoms with Gasteiger partial charge in [0.25, 0.3) is 0 Å². The number of aliphatic hydroxyl groups is 1. The van der Waals surface area contributed by atoms with Gasteiger partial charge in [-0.05, 0) is 32.8 Å². The van der Waals surface area contributed by atoms with Gasteiger partial charge >= 0.3 is 0 Å². The van der Waals surface area contributed by atoms with E-state index >= 15 is 0 Å². The molecule has 1 aromatic carbocycles. The monoisotopic (exact) mass is 250 g/mol. The molecule has 1 N–H and O–H groups in total. The smallest absolute Gasteiger partial charge is 0.125 e. The van der Waals surface area contributed by atoms with Crippen LogP contribution in [0.1, 0.15) is 38.4 Å². The van der Waals surface area contributed by atoms with Crippen LogP contribution in [0.3, 0.4) is 0 Å². The molecule has 1 saturated heterocycles. The lowest BCUT2D eigenvalue weighted by molar-refractivity contribution is -0.0111. The molecule has 1 heterocycles. The molecule has 1 fully saturated rings. The molecule has 0 amide bonds. The molecule has 1 aliphatic heterocycles. The average Bonchev–Trinajstić information content (AvgIpc) is 2.39. The maximum Gasteiger partial charge on any atom is 0.125 e. The third kappa shape index (κ3) is 3.24. The normalized spacial score (nSPS) is 21.9. The second-order valence-electron chi connectivity index (χ2n) is 5.13. The molecule has 18 heavy (non-hydrogen) atoms. The average molecular weight is 250 g/mol. The summed E-state index contributed by atoms with van der Waals surface area (Å²) in [5.74, 6) is 0.959. The molecule has 0 spiro atoms. The summed E-state index contributed by atoms with van der Waals surface area (Å²) in [6.07, 6.45) is 1.65. The highest BCUT2D eigenvalue weighted by atomic mass is 16.5. The number of aliphatic hydroxyl groups excluding tert-OH is 1. The van der Waals surface area contributed by atoms with Crippen molar-refractivity contribution in [3.05, 3.63) is 29.8 Å². The van der Waals surface area contributed by atoms with Crippen molar-refractivity contribution in [1.82, 2.24) is 0 Å². The Morgan fingerprint density at radius 3 is 2.78 bits per heavy atom. The summed E-state index contributed by atoms with van der Waals surface area (Å²) in [7, 11) is 0. The number of rotatable bonds is 4. The van der Waals surface area contributed by atoms with Crippen LogP contribution in [0.15, 0.2) is 24.3 Å². The summed E-state index contributed by atoms with van der Waals surface area (Å²) in [6, 6.07) is 7.74. The first-order valence-electron chi connectivity index (χ1n) is 6.70. The first-order chi connectivity index (χ1) is 8.68. The molecule has 3 heteroatoms. The quantitative estimate of drug-likeness (QED) is 0.893. The van der Waals surface area contributed by atoms with Gasteiger partial charge in [0.05, 0.1) is 18.8 Å². The highest BCUT2D eigenvalue weighted by molar-refractivity contribution is 5.35. The van der Waals surface area contributed by atoms with Crippen LogP contribution in [0.2, 0.25) is 0 Å². The van der Waals surface area contributed by atoms with E-state index < -0.39 is 6.10 Å². The van der Waals surface area contributed by atoms with Crippen molar-refractivity contribution in [2.24, 2.45) is 5.92 Å². The van der Waals surface area contributed by atoms with E-state index in [-0.39, 0.29) is 12.0 Å². The van der Waals surface area contributed by atoms with Crippen molar-refractivity contribution < 1.29 is 14.6 Å². The van der Waals surface area contributed by atoms with Gasteiger partial charge in [-0.3, -0.25) is 0 Å². The van der Waals surface area contributed by atoms with Crippen LogP contribution in [0.5, 0.6) is 5.75 Å². The van der Waals surface area contributed by atoms with Gasteiger partial charge in [0.15, 0.2) is 0 Å². The van der Waals surface area contributed by atoms with Crippen molar-refractivity contribution in [3.63, 3.8) is 0 Å². The third-order valence-corrected chi connectivity index (χ3v) is 3.24. The minimum absolute atomic E-state index is 0.112. The van der Waals surface area contributed by atoms with Crippen molar-refractivity contribution >= 4 is 0 Å². The van der Waals surface area contributed by atoms with Gasteiger partial charge in [0, 0.05) is 18.1 Å². The fourth-order valence-corrected chi connectivity index (χ4v) is 2.35. The number of para-hydroxylation sites is 1. The van der Waals surface area contributed by atoms with E-state index in [1.165, 1.54) is 0 Å². The summed E-state index contributed by atoms with van der Waals surface area (Å²) < 4.78 is 11.2. The number of benzene rings is 1. The third-order valence-electron chi connectivity index (χ3n) is 3.24. The second-order valence-corrected chi connectivity index (χ2v) is 5.13. The van der Waals surface area contributed by atoms with E-state index in [0.717, 1.165) is 30.8 Å². The molecular formula is C15H22O3. The van der Waals surface area contributed by atoms with Gasteiger partial charge in [0.1, 0.15) is 5.75 Å². The Balaban J connectivity index is 2.15. The van der Waals surface area contributed by atoms with Crippen LogP contribution in [0.25, 0.3) is 0 Å². The van der Waals surface area contributed by atoms with Crippen molar-refractivity contribution in [3.8, 4) is 5.75 Å². The van der Waals surface area contributed by atoms with Gasteiger partial charge in [-0.15, -0.1) is 0 Å². The predicted molar refractivity (Wildman–Crippen MR) is 70.7 cm³/mol. The molecule has 0 aliphatic carbocycles. The van der Waals surface area contributed by atoms with Gasteiger partial charge < -0.3 is 14.6 Å². The molecule has 2 unspecified atom stereocenters. The molecule has 100 valence electrons. The highest BCUT2D eigenvalue weighted by Gasteiger charge is 2.26. The fourth-order valence-electron chi connectivity index (χ4n) is 2.35. The van der Waals surface area contributed by atoms with E-state index in [1.54, 1.807) is 0 Å². The lowest BCUT2D eigenvalue weighted by Crippen LogP contribution is -2.24. The Morgan fingerprint density at radius 1 is 1.33 bits per heavy atom. The molecule has 0 radical (unpaired) electrons. The van der Waals surface area contributed by atoms with Gasteiger partial charge in [-0.1, -0.05) is 18.2 Å². The number of hydrogen-bond donors (Lipinski definition) is 1. The number of ether oxygens (including phenoxy) is 2. The lowest BCUT2D eigenvalue weighted by Gasteiger charge is -2.28. The summed E-state index contributed by atoms with van der Waals surface area (Å²) in [5.41, 5.74) is 0.877. The molecule has 2 rings (SSSR count).